The first kappa shape index (κ1) is 19.4. The highest BCUT2D eigenvalue weighted by atomic mass is 16.5. The van der Waals surface area contributed by atoms with Crippen LogP contribution in [0.15, 0.2) is 55.0 Å². The molecule has 0 bridgehead atoms. The number of hydrogen-bond donors (Lipinski definition) is 1. The highest BCUT2D eigenvalue weighted by molar-refractivity contribution is 6.00. The number of ether oxygens (including phenoxy) is 1. The molecular weight excluding hydrogens is 326 g/mol. The third-order valence-electron chi connectivity index (χ3n) is 3.14. The van der Waals surface area contributed by atoms with E-state index in [2.05, 4.69) is 36.1 Å². The van der Waals surface area contributed by atoms with Crippen molar-refractivity contribution in [1.82, 2.24) is 9.97 Å². The van der Waals surface area contributed by atoms with Gasteiger partial charge in [-0.2, -0.15) is 0 Å². The summed E-state index contributed by atoms with van der Waals surface area (Å²) in [4.78, 5) is 19.7. The van der Waals surface area contributed by atoms with Crippen LogP contribution in [0.4, 0.5) is 5.69 Å². The van der Waals surface area contributed by atoms with E-state index in [1.165, 1.54) is 6.92 Å². The number of nitrogens with one attached hydrogen (secondary N) is 1. The zero-order valence-electron chi connectivity index (χ0n) is 15.7. The van der Waals surface area contributed by atoms with E-state index in [4.69, 9.17) is 4.74 Å². The molecule has 2 heterocycles. The van der Waals surface area contributed by atoms with Crippen molar-refractivity contribution in [3.8, 4) is 5.75 Å². The van der Waals surface area contributed by atoms with Crippen molar-refractivity contribution >= 4 is 22.5 Å². The Balaban J connectivity index is 0.000000552. The van der Waals surface area contributed by atoms with E-state index in [-0.39, 0.29) is 5.91 Å². The van der Waals surface area contributed by atoms with Crippen molar-refractivity contribution in [2.45, 2.75) is 34.3 Å². The molecule has 0 radical (unpaired) electrons. The average Bonchev–Trinajstić information content (AvgIpc) is 2.60. The predicted molar refractivity (Wildman–Crippen MR) is 105 cm³/mol. The molecular formula is C21H25N3O2. The number of amides is 1. The summed E-state index contributed by atoms with van der Waals surface area (Å²) >= 11 is 0. The van der Waals surface area contributed by atoms with Gasteiger partial charge in [-0.05, 0) is 35.7 Å². The van der Waals surface area contributed by atoms with Gasteiger partial charge in [-0.25, -0.2) is 0 Å². The van der Waals surface area contributed by atoms with Crippen molar-refractivity contribution in [1.29, 1.82) is 0 Å². The van der Waals surface area contributed by atoms with E-state index in [9.17, 15) is 4.79 Å². The van der Waals surface area contributed by atoms with E-state index in [1.54, 1.807) is 24.7 Å². The molecule has 0 saturated carbocycles. The molecule has 0 spiro atoms. The third-order valence-corrected chi connectivity index (χ3v) is 3.14. The summed E-state index contributed by atoms with van der Waals surface area (Å²) < 4.78 is 5.82. The molecule has 1 N–H and O–H groups in total. The minimum absolute atomic E-state index is 0.141. The molecule has 0 aliphatic carbocycles. The van der Waals surface area contributed by atoms with Gasteiger partial charge in [0.15, 0.2) is 0 Å². The first-order valence-corrected chi connectivity index (χ1v) is 8.63. The molecule has 0 aliphatic heterocycles. The highest BCUT2D eigenvalue weighted by Gasteiger charge is 2.07. The molecule has 5 heteroatoms. The van der Waals surface area contributed by atoms with Crippen LogP contribution in [0, 0.1) is 5.92 Å². The molecule has 136 valence electrons. The Morgan fingerprint density at radius 1 is 1.12 bits per heavy atom. The lowest BCUT2D eigenvalue weighted by atomic mass is 10.1. The SMILES string of the molecule is CC(=O)Nc1cc(OCc2ccncc2)cc2cccnc12.CC(C)C. The summed E-state index contributed by atoms with van der Waals surface area (Å²) in [7, 11) is 0. The maximum Gasteiger partial charge on any atom is 0.221 e. The van der Waals surface area contributed by atoms with Crippen LogP contribution in [0.1, 0.15) is 33.3 Å². The molecule has 3 rings (SSSR count). The Hall–Kier alpha value is -2.95. The van der Waals surface area contributed by atoms with Crippen LogP contribution >= 0.6 is 0 Å². The second kappa shape index (κ2) is 9.51. The topological polar surface area (TPSA) is 64.1 Å². The van der Waals surface area contributed by atoms with Crippen LogP contribution < -0.4 is 10.1 Å². The molecule has 0 saturated heterocycles. The van der Waals surface area contributed by atoms with Gasteiger partial charge in [-0.1, -0.05) is 26.8 Å². The number of aromatic nitrogens is 2. The van der Waals surface area contributed by atoms with Crippen molar-refractivity contribution in [2.24, 2.45) is 5.92 Å². The number of carbonyl (C=O) groups is 1. The Labute approximate surface area is 154 Å². The average molecular weight is 351 g/mol. The van der Waals surface area contributed by atoms with E-state index in [0.29, 0.717) is 18.0 Å². The van der Waals surface area contributed by atoms with Gasteiger partial charge in [0.1, 0.15) is 12.4 Å². The van der Waals surface area contributed by atoms with Crippen molar-refractivity contribution in [2.75, 3.05) is 5.32 Å². The lowest BCUT2D eigenvalue weighted by molar-refractivity contribution is -0.114. The van der Waals surface area contributed by atoms with Gasteiger partial charge in [-0.15, -0.1) is 0 Å². The third kappa shape index (κ3) is 6.16. The molecule has 0 aliphatic rings. The van der Waals surface area contributed by atoms with Gasteiger partial charge in [0, 0.05) is 37.0 Å². The van der Waals surface area contributed by atoms with Crippen LogP contribution in [-0.4, -0.2) is 15.9 Å². The smallest absolute Gasteiger partial charge is 0.221 e. The first-order valence-electron chi connectivity index (χ1n) is 8.63. The van der Waals surface area contributed by atoms with Gasteiger partial charge >= 0.3 is 0 Å². The lowest BCUT2D eigenvalue weighted by Gasteiger charge is -2.11. The van der Waals surface area contributed by atoms with Crippen LogP contribution in [0.5, 0.6) is 5.75 Å². The minimum atomic E-state index is -0.141. The van der Waals surface area contributed by atoms with Crippen molar-refractivity contribution in [3.63, 3.8) is 0 Å². The summed E-state index contributed by atoms with van der Waals surface area (Å²) in [5.74, 6) is 1.37. The van der Waals surface area contributed by atoms with Crippen molar-refractivity contribution in [3.05, 3.63) is 60.6 Å². The highest BCUT2D eigenvalue weighted by Crippen LogP contribution is 2.28. The Kier molecular flexibility index (Phi) is 7.09. The number of benzene rings is 1. The van der Waals surface area contributed by atoms with Crippen LogP contribution in [0.3, 0.4) is 0 Å². The summed E-state index contributed by atoms with van der Waals surface area (Å²) in [6.07, 6.45) is 5.16. The Morgan fingerprint density at radius 3 is 2.46 bits per heavy atom. The number of nitrogens with zero attached hydrogens (tertiary/aromatic N) is 2. The van der Waals surface area contributed by atoms with E-state index in [1.807, 2.05) is 30.3 Å². The number of hydrogen-bond acceptors (Lipinski definition) is 4. The maximum absolute atomic E-state index is 11.4. The molecule has 0 fully saturated rings. The summed E-state index contributed by atoms with van der Waals surface area (Å²) in [6, 6.07) is 11.3. The number of pyridine rings is 2. The molecule has 0 atom stereocenters. The van der Waals surface area contributed by atoms with Gasteiger partial charge in [-0.3, -0.25) is 14.8 Å². The monoisotopic (exact) mass is 351 g/mol. The molecule has 3 aromatic rings. The largest absolute Gasteiger partial charge is 0.489 e. The minimum Gasteiger partial charge on any atom is -0.489 e. The van der Waals surface area contributed by atoms with E-state index < -0.39 is 0 Å². The molecule has 26 heavy (non-hydrogen) atoms. The zero-order chi connectivity index (χ0) is 18.9. The van der Waals surface area contributed by atoms with Gasteiger partial charge in [0.2, 0.25) is 5.91 Å². The second-order valence-corrected chi connectivity index (χ2v) is 6.60. The Bertz CT molecular complexity index is 846. The quantitative estimate of drug-likeness (QED) is 0.731. The molecule has 0 unspecified atom stereocenters. The maximum atomic E-state index is 11.4. The first-order chi connectivity index (χ1) is 12.5. The number of fused-ring (bicyclic) bond motifs is 1. The molecule has 1 aromatic carbocycles. The Morgan fingerprint density at radius 2 is 1.81 bits per heavy atom. The number of rotatable bonds is 4. The second-order valence-electron chi connectivity index (χ2n) is 6.60. The molecule has 1 amide bonds. The van der Waals surface area contributed by atoms with Gasteiger partial charge in [0.25, 0.3) is 0 Å². The number of carbonyl (C=O) groups excluding carboxylic acids is 1. The number of anilines is 1. The summed E-state index contributed by atoms with van der Waals surface area (Å²) in [6.45, 7) is 8.41. The fraction of sp³-hybridized carbons (Fsp3) is 0.286. The predicted octanol–water partition coefficient (Wildman–Crippen LogP) is 4.83. The van der Waals surface area contributed by atoms with Crippen LogP contribution in [0.2, 0.25) is 0 Å². The fourth-order valence-electron chi connectivity index (χ4n) is 2.18. The van der Waals surface area contributed by atoms with Gasteiger partial charge < -0.3 is 10.1 Å². The molecule has 2 aromatic heterocycles. The summed E-state index contributed by atoms with van der Waals surface area (Å²) in [5.41, 5.74) is 2.42. The van der Waals surface area contributed by atoms with Crippen LogP contribution in [-0.2, 0) is 11.4 Å². The summed E-state index contributed by atoms with van der Waals surface area (Å²) in [5, 5.41) is 3.71. The van der Waals surface area contributed by atoms with Crippen molar-refractivity contribution < 1.29 is 9.53 Å². The zero-order valence-corrected chi connectivity index (χ0v) is 15.7. The van der Waals surface area contributed by atoms with E-state index in [0.717, 1.165) is 22.4 Å². The fourth-order valence-corrected chi connectivity index (χ4v) is 2.18. The van der Waals surface area contributed by atoms with Gasteiger partial charge in [0.05, 0.1) is 11.2 Å². The normalized spacial score (nSPS) is 10.2. The molecule has 5 nitrogen and oxygen atoms in total. The lowest BCUT2D eigenvalue weighted by Crippen LogP contribution is -2.07. The van der Waals surface area contributed by atoms with Crippen LogP contribution in [0.25, 0.3) is 10.9 Å². The van der Waals surface area contributed by atoms with E-state index >= 15 is 0 Å². The standard InChI is InChI=1S/C17H15N3O2.C4H10/c1-12(21)20-16-10-15(9-14-3-2-6-19-17(14)16)22-11-13-4-7-18-8-5-13;1-4(2)3/h2-10H,11H2,1H3,(H,20,21);4H,1-3H3.